The van der Waals surface area contributed by atoms with Crippen LogP contribution in [0.3, 0.4) is 0 Å². The Labute approximate surface area is 90.9 Å². The largest absolute Gasteiger partial charge is 0.478 e. The lowest BCUT2D eigenvalue weighted by molar-refractivity contribution is 0.325. The first-order chi connectivity index (χ1) is 7.38. The summed E-state index contributed by atoms with van der Waals surface area (Å²) in [6.45, 7) is 3.68. The second-order valence-corrected chi connectivity index (χ2v) is 3.97. The van der Waals surface area contributed by atoms with Crippen LogP contribution < -0.4 is 10.1 Å². The van der Waals surface area contributed by atoms with E-state index < -0.39 is 0 Å². The van der Waals surface area contributed by atoms with E-state index in [9.17, 15) is 0 Å². The molecule has 1 aromatic heterocycles. The smallest absolute Gasteiger partial charge is 0.215 e. The van der Waals surface area contributed by atoms with Crippen molar-refractivity contribution in [1.82, 2.24) is 4.98 Å². The van der Waals surface area contributed by atoms with Gasteiger partial charge in [-0.2, -0.15) is 4.98 Å². The maximum atomic E-state index is 5.34. The van der Waals surface area contributed by atoms with Crippen LogP contribution in [0.5, 0.6) is 5.88 Å². The summed E-state index contributed by atoms with van der Waals surface area (Å²) in [5.41, 5.74) is 0. The fraction of sp³-hybridized carbons (Fsp3) is 0.583. The molecular formula is C12H18N2O. The van der Waals surface area contributed by atoms with Gasteiger partial charge in [0.1, 0.15) is 5.82 Å². The Morgan fingerprint density at radius 3 is 3.00 bits per heavy atom. The zero-order chi connectivity index (χ0) is 10.5. The third-order valence-electron chi connectivity index (χ3n) is 2.81. The van der Waals surface area contributed by atoms with E-state index in [1.54, 1.807) is 0 Å². The molecular weight excluding hydrogens is 188 g/mol. The lowest BCUT2D eigenvalue weighted by Gasteiger charge is -2.25. The van der Waals surface area contributed by atoms with Gasteiger partial charge < -0.3 is 10.1 Å². The van der Waals surface area contributed by atoms with Crippen molar-refractivity contribution < 1.29 is 4.74 Å². The van der Waals surface area contributed by atoms with Gasteiger partial charge in [0.25, 0.3) is 0 Å². The van der Waals surface area contributed by atoms with Crippen LogP contribution in [0.15, 0.2) is 18.2 Å². The third-order valence-corrected chi connectivity index (χ3v) is 2.81. The van der Waals surface area contributed by atoms with E-state index in [4.69, 9.17) is 4.74 Å². The molecule has 0 atom stereocenters. The van der Waals surface area contributed by atoms with Crippen LogP contribution in [0.25, 0.3) is 0 Å². The summed E-state index contributed by atoms with van der Waals surface area (Å²) in [4.78, 5) is 4.36. The van der Waals surface area contributed by atoms with Crippen molar-refractivity contribution in [2.45, 2.75) is 26.2 Å². The molecule has 1 heterocycles. The maximum Gasteiger partial charge on any atom is 0.215 e. The Balaban J connectivity index is 1.86. The summed E-state index contributed by atoms with van der Waals surface area (Å²) in [6.07, 6.45) is 4.11. The highest BCUT2D eigenvalue weighted by atomic mass is 16.5. The standard InChI is InChI=1S/C12H18N2O/c1-2-15-12-8-4-7-11(14-12)13-9-10-5-3-6-10/h4,7-8,10H,2-3,5-6,9H2,1H3,(H,13,14). The average molecular weight is 206 g/mol. The molecule has 0 radical (unpaired) electrons. The molecule has 0 bridgehead atoms. The molecule has 1 aromatic rings. The molecule has 1 N–H and O–H groups in total. The van der Waals surface area contributed by atoms with Crippen LogP contribution in [-0.2, 0) is 0 Å². The third kappa shape index (κ3) is 2.85. The lowest BCUT2D eigenvalue weighted by atomic mass is 9.85. The summed E-state index contributed by atoms with van der Waals surface area (Å²) in [7, 11) is 0. The first kappa shape index (κ1) is 10.3. The number of pyridine rings is 1. The molecule has 1 saturated carbocycles. The molecule has 3 nitrogen and oxygen atoms in total. The predicted molar refractivity (Wildman–Crippen MR) is 61.2 cm³/mol. The van der Waals surface area contributed by atoms with Gasteiger partial charge in [0.05, 0.1) is 6.61 Å². The SMILES string of the molecule is CCOc1cccc(NCC2CCC2)n1. The Hall–Kier alpha value is -1.25. The molecule has 1 aliphatic carbocycles. The number of ether oxygens (including phenoxy) is 1. The van der Waals surface area contributed by atoms with Crippen molar-refractivity contribution in [2.75, 3.05) is 18.5 Å². The van der Waals surface area contributed by atoms with Crippen molar-refractivity contribution in [3.63, 3.8) is 0 Å². The van der Waals surface area contributed by atoms with Crippen LogP contribution in [-0.4, -0.2) is 18.1 Å². The van der Waals surface area contributed by atoms with Crippen LogP contribution in [0.1, 0.15) is 26.2 Å². The number of hydrogen-bond acceptors (Lipinski definition) is 3. The highest BCUT2D eigenvalue weighted by Crippen LogP contribution is 2.26. The Morgan fingerprint density at radius 1 is 1.47 bits per heavy atom. The number of rotatable bonds is 5. The lowest BCUT2D eigenvalue weighted by Crippen LogP contribution is -2.21. The van der Waals surface area contributed by atoms with Gasteiger partial charge in [0.15, 0.2) is 0 Å². The molecule has 0 saturated heterocycles. The van der Waals surface area contributed by atoms with Gasteiger partial charge >= 0.3 is 0 Å². The quantitative estimate of drug-likeness (QED) is 0.804. The van der Waals surface area contributed by atoms with Crippen LogP contribution in [0.4, 0.5) is 5.82 Å². The molecule has 82 valence electrons. The summed E-state index contributed by atoms with van der Waals surface area (Å²) < 4.78 is 5.34. The summed E-state index contributed by atoms with van der Waals surface area (Å²) in [6, 6.07) is 5.85. The van der Waals surface area contributed by atoms with Crippen molar-refractivity contribution in [3.8, 4) is 5.88 Å². The first-order valence-electron chi connectivity index (χ1n) is 5.72. The molecule has 1 aliphatic rings. The van der Waals surface area contributed by atoms with Crippen LogP contribution >= 0.6 is 0 Å². The van der Waals surface area contributed by atoms with Gasteiger partial charge in [0, 0.05) is 12.6 Å². The minimum Gasteiger partial charge on any atom is -0.478 e. The molecule has 0 unspecified atom stereocenters. The van der Waals surface area contributed by atoms with E-state index in [0.717, 1.165) is 18.3 Å². The number of nitrogens with zero attached hydrogens (tertiary/aromatic N) is 1. The van der Waals surface area contributed by atoms with Gasteiger partial charge in [-0.1, -0.05) is 12.5 Å². The van der Waals surface area contributed by atoms with E-state index in [2.05, 4.69) is 10.3 Å². The van der Waals surface area contributed by atoms with Crippen LogP contribution in [0, 0.1) is 5.92 Å². The van der Waals surface area contributed by atoms with E-state index in [-0.39, 0.29) is 0 Å². The fourth-order valence-electron chi connectivity index (χ4n) is 1.69. The van der Waals surface area contributed by atoms with Gasteiger partial charge in [-0.15, -0.1) is 0 Å². The minimum absolute atomic E-state index is 0.666. The fourth-order valence-corrected chi connectivity index (χ4v) is 1.69. The molecule has 3 heteroatoms. The molecule has 0 spiro atoms. The normalized spacial score (nSPS) is 15.8. The van der Waals surface area contributed by atoms with E-state index >= 15 is 0 Å². The van der Waals surface area contributed by atoms with E-state index in [1.807, 2.05) is 25.1 Å². The van der Waals surface area contributed by atoms with Crippen molar-refractivity contribution in [1.29, 1.82) is 0 Å². The second kappa shape index (κ2) is 5.01. The predicted octanol–water partition coefficient (Wildman–Crippen LogP) is 2.69. The maximum absolute atomic E-state index is 5.34. The van der Waals surface area contributed by atoms with Gasteiger partial charge in [-0.05, 0) is 31.7 Å². The van der Waals surface area contributed by atoms with E-state index in [1.165, 1.54) is 19.3 Å². The molecule has 2 rings (SSSR count). The second-order valence-electron chi connectivity index (χ2n) is 3.97. The molecule has 1 fully saturated rings. The number of nitrogens with one attached hydrogen (secondary N) is 1. The van der Waals surface area contributed by atoms with Crippen molar-refractivity contribution in [3.05, 3.63) is 18.2 Å². The van der Waals surface area contributed by atoms with E-state index in [0.29, 0.717) is 12.5 Å². The van der Waals surface area contributed by atoms with Crippen LogP contribution in [0.2, 0.25) is 0 Å². The zero-order valence-corrected chi connectivity index (χ0v) is 9.20. The molecule has 0 aromatic carbocycles. The number of anilines is 1. The highest BCUT2D eigenvalue weighted by Gasteiger charge is 2.16. The van der Waals surface area contributed by atoms with Crippen molar-refractivity contribution >= 4 is 5.82 Å². The number of aromatic nitrogens is 1. The molecule has 0 aliphatic heterocycles. The molecule has 0 amide bonds. The minimum atomic E-state index is 0.666. The summed E-state index contributed by atoms with van der Waals surface area (Å²) in [5, 5.41) is 3.35. The van der Waals surface area contributed by atoms with Gasteiger partial charge in [-0.3, -0.25) is 0 Å². The van der Waals surface area contributed by atoms with Gasteiger partial charge in [-0.25, -0.2) is 0 Å². The summed E-state index contributed by atoms with van der Waals surface area (Å²) >= 11 is 0. The zero-order valence-electron chi connectivity index (χ0n) is 9.20. The molecule has 15 heavy (non-hydrogen) atoms. The Bertz CT molecular complexity index is 310. The summed E-state index contributed by atoms with van der Waals surface area (Å²) in [5.74, 6) is 2.48. The average Bonchev–Trinajstić information content (AvgIpc) is 2.16. The van der Waals surface area contributed by atoms with Crippen molar-refractivity contribution in [2.24, 2.45) is 5.92 Å². The monoisotopic (exact) mass is 206 g/mol. The Morgan fingerprint density at radius 2 is 2.33 bits per heavy atom. The highest BCUT2D eigenvalue weighted by molar-refractivity contribution is 5.37. The van der Waals surface area contributed by atoms with Gasteiger partial charge in [0.2, 0.25) is 5.88 Å². The topological polar surface area (TPSA) is 34.1 Å². The Kier molecular flexibility index (Phi) is 3.43. The number of hydrogen-bond donors (Lipinski definition) is 1. The first-order valence-corrected chi connectivity index (χ1v) is 5.72.